The molecule has 0 aromatic carbocycles. The number of thioether (sulfide) groups is 1. The predicted octanol–water partition coefficient (Wildman–Crippen LogP) is 0.945. The number of hydrogen-bond donors (Lipinski definition) is 2. The molecule has 4 heteroatoms. The first kappa shape index (κ1) is 10.2. The minimum Gasteiger partial charge on any atom is -0.324 e. The highest BCUT2D eigenvalue weighted by Crippen LogP contribution is 2.23. The Morgan fingerprint density at radius 1 is 1.70 bits per heavy atom. The van der Waals surface area contributed by atoms with Gasteiger partial charge in [0.25, 0.3) is 0 Å². The molecule has 0 saturated heterocycles. The summed E-state index contributed by atoms with van der Waals surface area (Å²) in [5.41, 5.74) is 5.67. The van der Waals surface area contributed by atoms with E-state index < -0.39 is 0 Å². The van der Waals surface area contributed by atoms with Gasteiger partial charge in [0.05, 0.1) is 6.61 Å². The second kappa shape index (κ2) is 4.18. The first-order chi connectivity index (χ1) is 4.54. The molecule has 1 unspecified atom stereocenters. The molecule has 0 spiro atoms. The molecule has 0 aromatic heterocycles. The summed E-state index contributed by atoms with van der Waals surface area (Å²) in [5, 5.41) is 8.11. The van der Waals surface area contributed by atoms with Crippen molar-refractivity contribution in [3.63, 3.8) is 0 Å². The predicted molar refractivity (Wildman–Crippen MR) is 44.2 cm³/mol. The highest BCUT2D eigenvalue weighted by Gasteiger charge is 2.25. The normalized spacial score (nSPS) is 15.3. The Bertz CT molecular complexity index is 97.7. The molecule has 0 aliphatic rings. The monoisotopic (exact) mass is 165 g/mol. The number of hydrogen-bond acceptors (Lipinski definition) is 4. The minimum absolute atomic E-state index is 0.0390. The molecule has 0 rings (SSSR count). The van der Waals surface area contributed by atoms with E-state index in [0.717, 1.165) is 0 Å². The molecule has 3 N–H and O–H groups in total. The molecule has 62 valence electrons. The molecule has 0 bridgehead atoms. The van der Waals surface area contributed by atoms with Gasteiger partial charge in [-0.2, -0.15) is 11.8 Å². The fourth-order valence-corrected chi connectivity index (χ4v) is 0.803. The second-order valence-electron chi connectivity index (χ2n) is 2.71. The van der Waals surface area contributed by atoms with Gasteiger partial charge in [0.2, 0.25) is 0 Å². The standard InChI is InChI=1S/C6H15NO2S/c1-6(2,10-3)5(7)4-9-8/h5,8H,4,7H2,1-3H3. The molecule has 10 heavy (non-hydrogen) atoms. The molecule has 0 saturated carbocycles. The quantitative estimate of drug-likeness (QED) is 0.481. The lowest BCUT2D eigenvalue weighted by molar-refractivity contribution is -0.246. The Balaban J connectivity index is 3.78. The molecule has 3 nitrogen and oxygen atoms in total. The van der Waals surface area contributed by atoms with E-state index in [1.165, 1.54) is 0 Å². The Morgan fingerprint density at radius 2 is 2.20 bits per heavy atom. The fourth-order valence-electron chi connectivity index (χ4n) is 0.432. The van der Waals surface area contributed by atoms with E-state index in [4.69, 9.17) is 11.0 Å². The van der Waals surface area contributed by atoms with Crippen molar-refractivity contribution in [3.05, 3.63) is 0 Å². The average molecular weight is 165 g/mol. The molecule has 0 aliphatic carbocycles. The number of rotatable bonds is 4. The van der Waals surface area contributed by atoms with Gasteiger partial charge in [0, 0.05) is 10.8 Å². The third kappa shape index (κ3) is 2.88. The molecule has 0 fully saturated rings. The Labute approximate surface area is 65.9 Å². The summed E-state index contributed by atoms with van der Waals surface area (Å²) in [6.45, 7) is 4.22. The van der Waals surface area contributed by atoms with Gasteiger partial charge >= 0.3 is 0 Å². The Kier molecular flexibility index (Phi) is 4.28. The van der Waals surface area contributed by atoms with E-state index >= 15 is 0 Å². The van der Waals surface area contributed by atoms with Crippen LogP contribution in [0.5, 0.6) is 0 Å². The highest BCUT2D eigenvalue weighted by molar-refractivity contribution is 8.00. The summed E-state index contributed by atoms with van der Waals surface area (Å²) < 4.78 is -0.0390. The lowest BCUT2D eigenvalue weighted by Gasteiger charge is -2.28. The molecular formula is C6H15NO2S. The van der Waals surface area contributed by atoms with E-state index in [1.54, 1.807) is 11.8 Å². The van der Waals surface area contributed by atoms with E-state index in [0.29, 0.717) is 0 Å². The summed E-state index contributed by atoms with van der Waals surface area (Å²) in [7, 11) is 0. The largest absolute Gasteiger partial charge is 0.324 e. The van der Waals surface area contributed by atoms with Gasteiger partial charge in [-0.3, -0.25) is 5.26 Å². The van der Waals surface area contributed by atoms with E-state index in [9.17, 15) is 0 Å². The third-order valence-corrected chi connectivity index (χ3v) is 3.03. The van der Waals surface area contributed by atoms with Crippen molar-refractivity contribution >= 4 is 11.8 Å². The zero-order chi connectivity index (χ0) is 8.20. The molecular weight excluding hydrogens is 150 g/mol. The fraction of sp³-hybridized carbons (Fsp3) is 1.00. The van der Waals surface area contributed by atoms with Crippen LogP contribution in [0.1, 0.15) is 13.8 Å². The zero-order valence-corrected chi connectivity index (χ0v) is 7.44. The van der Waals surface area contributed by atoms with Gasteiger partial charge in [-0.1, -0.05) is 0 Å². The maximum absolute atomic E-state index is 8.11. The summed E-state index contributed by atoms with van der Waals surface area (Å²) in [5.74, 6) is 0. The van der Waals surface area contributed by atoms with E-state index in [1.807, 2.05) is 20.1 Å². The van der Waals surface area contributed by atoms with Gasteiger partial charge in [-0.25, -0.2) is 4.89 Å². The lowest BCUT2D eigenvalue weighted by atomic mass is 10.1. The van der Waals surface area contributed by atoms with E-state index in [2.05, 4.69) is 4.89 Å². The Morgan fingerprint density at radius 3 is 2.50 bits per heavy atom. The molecule has 0 heterocycles. The third-order valence-electron chi connectivity index (χ3n) is 1.67. The van der Waals surface area contributed by atoms with Crippen LogP contribution in [0.25, 0.3) is 0 Å². The first-order valence-corrected chi connectivity index (χ1v) is 4.34. The lowest BCUT2D eigenvalue weighted by Crippen LogP contribution is -2.43. The molecule has 0 radical (unpaired) electrons. The first-order valence-electron chi connectivity index (χ1n) is 3.11. The topological polar surface area (TPSA) is 55.5 Å². The summed E-state index contributed by atoms with van der Waals surface area (Å²) in [4.78, 5) is 3.95. The van der Waals surface area contributed by atoms with Crippen molar-refractivity contribution < 1.29 is 10.1 Å². The van der Waals surface area contributed by atoms with Crippen LogP contribution in [0, 0.1) is 0 Å². The van der Waals surface area contributed by atoms with Crippen LogP contribution in [0.15, 0.2) is 0 Å². The maximum Gasteiger partial charge on any atom is 0.0984 e. The molecule has 1 atom stereocenters. The van der Waals surface area contributed by atoms with Gasteiger partial charge in [-0.05, 0) is 20.1 Å². The van der Waals surface area contributed by atoms with Crippen molar-refractivity contribution in [3.8, 4) is 0 Å². The molecule has 0 aromatic rings. The van der Waals surface area contributed by atoms with Crippen molar-refractivity contribution in [1.29, 1.82) is 0 Å². The van der Waals surface area contributed by atoms with Crippen LogP contribution in [0.4, 0.5) is 0 Å². The van der Waals surface area contributed by atoms with Crippen molar-refractivity contribution in [1.82, 2.24) is 0 Å². The molecule has 0 amide bonds. The zero-order valence-electron chi connectivity index (χ0n) is 6.63. The van der Waals surface area contributed by atoms with Crippen LogP contribution in [0.3, 0.4) is 0 Å². The minimum atomic E-state index is -0.132. The summed E-state index contributed by atoms with van der Waals surface area (Å²) >= 11 is 1.66. The SMILES string of the molecule is CSC(C)(C)C(N)COO. The van der Waals surface area contributed by atoms with Crippen LogP contribution >= 0.6 is 11.8 Å². The van der Waals surface area contributed by atoms with Gasteiger partial charge in [0.15, 0.2) is 0 Å². The van der Waals surface area contributed by atoms with Crippen LogP contribution < -0.4 is 5.73 Å². The van der Waals surface area contributed by atoms with Crippen molar-refractivity contribution in [2.24, 2.45) is 5.73 Å². The van der Waals surface area contributed by atoms with Crippen molar-refractivity contribution in [2.45, 2.75) is 24.6 Å². The van der Waals surface area contributed by atoms with Gasteiger partial charge < -0.3 is 5.73 Å². The molecule has 0 aliphatic heterocycles. The van der Waals surface area contributed by atoms with Crippen LogP contribution in [-0.2, 0) is 4.89 Å². The van der Waals surface area contributed by atoms with Gasteiger partial charge in [0.1, 0.15) is 0 Å². The highest BCUT2D eigenvalue weighted by atomic mass is 32.2. The van der Waals surface area contributed by atoms with E-state index in [-0.39, 0.29) is 17.4 Å². The second-order valence-corrected chi connectivity index (χ2v) is 4.17. The average Bonchev–Trinajstić information content (AvgIpc) is 1.89. The van der Waals surface area contributed by atoms with Crippen LogP contribution in [-0.4, -0.2) is 28.9 Å². The summed E-state index contributed by atoms with van der Waals surface area (Å²) in [6.07, 6.45) is 1.98. The van der Waals surface area contributed by atoms with Gasteiger partial charge in [-0.15, -0.1) is 0 Å². The Hall–Kier alpha value is 0.230. The van der Waals surface area contributed by atoms with Crippen LogP contribution in [0.2, 0.25) is 0 Å². The number of nitrogens with two attached hydrogens (primary N) is 1. The summed E-state index contributed by atoms with van der Waals surface area (Å²) in [6, 6.07) is -0.132. The smallest absolute Gasteiger partial charge is 0.0984 e. The maximum atomic E-state index is 8.11. The van der Waals surface area contributed by atoms with Crippen molar-refractivity contribution in [2.75, 3.05) is 12.9 Å².